The summed E-state index contributed by atoms with van der Waals surface area (Å²) in [6, 6.07) is 11.1. The summed E-state index contributed by atoms with van der Waals surface area (Å²) < 4.78 is 12.3. The molecule has 1 aromatic carbocycles. The first-order valence-corrected chi connectivity index (χ1v) is 10.0. The number of nitrogens with one attached hydrogen (secondary N) is 1. The fourth-order valence-electron chi connectivity index (χ4n) is 3.61. The van der Waals surface area contributed by atoms with Crippen molar-refractivity contribution in [1.82, 2.24) is 24.5 Å². The molecule has 3 aromatic heterocycles. The molecule has 1 aliphatic heterocycles. The van der Waals surface area contributed by atoms with E-state index in [0.717, 1.165) is 5.56 Å². The van der Waals surface area contributed by atoms with Crippen molar-refractivity contribution in [3.8, 4) is 11.5 Å². The quantitative estimate of drug-likeness (QED) is 0.527. The predicted octanol–water partition coefficient (Wildman–Crippen LogP) is 3.11. The van der Waals surface area contributed by atoms with Crippen LogP contribution in [0.15, 0.2) is 53.2 Å². The average molecular weight is 432 g/mol. The number of carbonyl (C=O) groups is 2. The molecule has 4 aromatic rings. The molecule has 0 bridgehead atoms. The highest BCUT2D eigenvalue weighted by Crippen LogP contribution is 2.30. The van der Waals surface area contributed by atoms with E-state index in [1.807, 2.05) is 37.3 Å². The smallest absolute Gasteiger partial charge is 0.409 e. The molecule has 0 aliphatic carbocycles. The van der Waals surface area contributed by atoms with Crippen LogP contribution in [-0.4, -0.2) is 56.7 Å². The van der Waals surface area contributed by atoms with E-state index in [2.05, 4.69) is 20.5 Å². The third kappa shape index (κ3) is 3.45. The average Bonchev–Trinajstić information content (AvgIpc) is 3.41. The number of benzene rings is 1. The number of nitrogens with zero attached hydrogens (tertiary/aromatic N) is 5. The molecule has 2 amide bonds. The topological polar surface area (TPSA) is 115 Å². The van der Waals surface area contributed by atoms with Gasteiger partial charge >= 0.3 is 6.09 Å². The number of methoxy groups -OCH3 is 1. The number of hydrogen-bond donors (Lipinski definition) is 1. The van der Waals surface area contributed by atoms with Gasteiger partial charge in [0.2, 0.25) is 11.8 Å². The summed E-state index contributed by atoms with van der Waals surface area (Å²) in [6.07, 6.45) is 2.97. The van der Waals surface area contributed by atoms with E-state index in [1.54, 1.807) is 27.8 Å². The minimum absolute atomic E-state index is 0.0184. The zero-order chi connectivity index (χ0) is 22.2. The van der Waals surface area contributed by atoms with Crippen molar-refractivity contribution < 1.29 is 18.7 Å². The number of anilines is 1. The standard InChI is InChI=1S/C22H20N6O4/c1-13-6-7-14(20-25-26-21(32-20)15-11-27(12-15)22(30)31-2)9-16(13)24-19(29)17-10-23-18-5-3-4-8-28(17)18/h3-10,15H,11-12H2,1-2H3,(H,24,29). The number of imidazole rings is 1. The van der Waals surface area contributed by atoms with Gasteiger partial charge in [-0.25, -0.2) is 9.78 Å². The van der Waals surface area contributed by atoms with E-state index >= 15 is 0 Å². The van der Waals surface area contributed by atoms with Crippen molar-refractivity contribution in [1.29, 1.82) is 0 Å². The van der Waals surface area contributed by atoms with Gasteiger partial charge in [-0.1, -0.05) is 12.1 Å². The lowest BCUT2D eigenvalue weighted by atomic mass is 10.0. The first kappa shape index (κ1) is 19.7. The van der Waals surface area contributed by atoms with Crippen molar-refractivity contribution in [2.75, 3.05) is 25.5 Å². The van der Waals surface area contributed by atoms with Crippen molar-refractivity contribution in [2.45, 2.75) is 12.8 Å². The molecule has 0 atom stereocenters. The number of hydrogen-bond acceptors (Lipinski definition) is 7. The number of likely N-dealkylation sites (tertiary alicyclic amines) is 1. The molecule has 1 N–H and O–H groups in total. The summed E-state index contributed by atoms with van der Waals surface area (Å²) in [5.74, 6) is 0.529. The highest BCUT2D eigenvalue weighted by Gasteiger charge is 2.36. The van der Waals surface area contributed by atoms with Crippen LogP contribution in [0.2, 0.25) is 0 Å². The molecule has 10 heteroatoms. The largest absolute Gasteiger partial charge is 0.453 e. The highest BCUT2D eigenvalue weighted by atomic mass is 16.5. The lowest BCUT2D eigenvalue weighted by Crippen LogP contribution is -2.48. The molecule has 0 saturated carbocycles. The Kier molecular flexibility index (Phi) is 4.81. The fraction of sp³-hybridized carbons (Fsp3) is 0.227. The van der Waals surface area contributed by atoms with Crippen molar-refractivity contribution in [3.63, 3.8) is 0 Å². The van der Waals surface area contributed by atoms with Crippen LogP contribution < -0.4 is 5.32 Å². The maximum absolute atomic E-state index is 12.9. The summed E-state index contributed by atoms with van der Waals surface area (Å²) in [5.41, 5.74) is 3.35. The van der Waals surface area contributed by atoms with Crippen LogP contribution in [0.5, 0.6) is 0 Å². The van der Waals surface area contributed by atoms with Crippen LogP contribution in [0.4, 0.5) is 10.5 Å². The Morgan fingerprint density at radius 3 is 2.84 bits per heavy atom. The van der Waals surface area contributed by atoms with Gasteiger partial charge in [0, 0.05) is 30.5 Å². The Bertz CT molecular complexity index is 1320. The molecule has 32 heavy (non-hydrogen) atoms. The van der Waals surface area contributed by atoms with E-state index in [1.165, 1.54) is 7.11 Å². The Labute approximate surface area is 182 Å². The summed E-state index contributed by atoms with van der Waals surface area (Å²) in [7, 11) is 1.35. The van der Waals surface area contributed by atoms with E-state index < -0.39 is 0 Å². The maximum atomic E-state index is 12.9. The first-order valence-electron chi connectivity index (χ1n) is 10.0. The third-order valence-electron chi connectivity index (χ3n) is 5.49. The van der Waals surface area contributed by atoms with E-state index in [9.17, 15) is 9.59 Å². The van der Waals surface area contributed by atoms with E-state index in [4.69, 9.17) is 9.15 Å². The van der Waals surface area contributed by atoms with Gasteiger partial charge in [0.25, 0.3) is 5.91 Å². The highest BCUT2D eigenvalue weighted by molar-refractivity contribution is 6.04. The number of ether oxygens (including phenoxy) is 1. The first-order chi connectivity index (χ1) is 15.5. The second kappa shape index (κ2) is 7.80. The van der Waals surface area contributed by atoms with E-state index in [-0.39, 0.29) is 17.9 Å². The predicted molar refractivity (Wildman–Crippen MR) is 114 cm³/mol. The number of amides is 2. The van der Waals surface area contributed by atoms with Gasteiger partial charge in [0.1, 0.15) is 11.3 Å². The summed E-state index contributed by atoms with van der Waals surface area (Å²) >= 11 is 0. The molecule has 0 radical (unpaired) electrons. The molecule has 1 aliphatic rings. The number of fused-ring (bicyclic) bond motifs is 1. The molecular formula is C22H20N6O4. The minimum Gasteiger partial charge on any atom is -0.453 e. The van der Waals surface area contributed by atoms with E-state index in [0.29, 0.717) is 47.5 Å². The Morgan fingerprint density at radius 1 is 1.19 bits per heavy atom. The van der Waals surface area contributed by atoms with Crippen molar-refractivity contribution in [2.24, 2.45) is 0 Å². The molecular weight excluding hydrogens is 412 g/mol. The third-order valence-corrected chi connectivity index (χ3v) is 5.49. The lowest BCUT2D eigenvalue weighted by molar-refractivity contribution is 0.0822. The Balaban J connectivity index is 1.34. The van der Waals surface area contributed by atoms with Crippen LogP contribution in [0.1, 0.15) is 27.9 Å². The number of carbonyl (C=O) groups excluding carboxylic acids is 2. The Hall–Kier alpha value is -4.21. The van der Waals surface area contributed by atoms with Gasteiger partial charge < -0.3 is 19.4 Å². The normalized spacial score (nSPS) is 13.8. The van der Waals surface area contributed by atoms with Crippen LogP contribution in [-0.2, 0) is 4.74 Å². The minimum atomic E-state index is -0.370. The number of aromatic nitrogens is 4. The second-order valence-electron chi connectivity index (χ2n) is 7.57. The number of aryl methyl sites for hydroxylation is 1. The van der Waals surface area contributed by atoms with Crippen LogP contribution in [0, 0.1) is 6.92 Å². The second-order valence-corrected chi connectivity index (χ2v) is 7.57. The summed E-state index contributed by atoms with van der Waals surface area (Å²) in [5, 5.41) is 11.2. The SMILES string of the molecule is COC(=O)N1CC(c2nnc(-c3ccc(C)c(NC(=O)c4cnc5ccccn45)c3)o2)C1. The molecule has 0 unspecified atom stereocenters. The monoisotopic (exact) mass is 432 g/mol. The van der Waals surface area contributed by atoms with Gasteiger partial charge in [-0.2, -0.15) is 0 Å². The maximum Gasteiger partial charge on any atom is 0.409 e. The van der Waals surface area contributed by atoms with Gasteiger partial charge in [0.15, 0.2) is 0 Å². The summed E-state index contributed by atoms with van der Waals surface area (Å²) in [6.45, 7) is 2.86. The molecule has 1 fully saturated rings. The zero-order valence-corrected chi connectivity index (χ0v) is 17.5. The lowest BCUT2D eigenvalue weighted by Gasteiger charge is -2.35. The summed E-state index contributed by atoms with van der Waals surface area (Å²) in [4.78, 5) is 30.2. The van der Waals surface area contributed by atoms with Crippen molar-refractivity contribution >= 4 is 23.3 Å². The van der Waals surface area contributed by atoms with Crippen LogP contribution in [0.25, 0.3) is 17.1 Å². The zero-order valence-electron chi connectivity index (χ0n) is 17.5. The molecule has 10 nitrogen and oxygen atoms in total. The Morgan fingerprint density at radius 2 is 2.03 bits per heavy atom. The molecule has 4 heterocycles. The van der Waals surface area contributed by atoms with Crippen LogP contribution >= 0.6 is 0 Å². The number of pyridine rings is 1. The van der Waals surface area contributed by atoms with Gasteiger partial charge in [0.05, 0.1) is 19.2 Å². The molecule has 162 valence electrons. The molecule has 0 spiro atoms. The number of rotatable bonds is 4. The van der Waals surface area contributed by atoms with Gasteiger partial charge in [-0.05, 0) is 36.8 Å². The van der Waals surface area contributed by atoms with Crippen molar-refractivity contribution in [3.05, 3.63) is 65.9 Å². The molecule has 1 saturated heterocycles. The van der Waals surface area contributed by atoms with Crippen LogP contribution in [0.3, 0.4) is 0 Å². The fourth-order valence-corrected chi connectivity index (χ4v) is 3.61. The van der Waals surface area contributed by atoms with Gasteiger partial charge in [-0.15, -0.1) is 10.2 Å². The molecule has 5 rings (SSSR count). The van der Waals surface area contributed by atoms with Gasteiger partial charge in [-0.3, -0.25) is 9.20 Å².